The van der Waals surface area contributed by atoms with Gasteiger partial charge >= 0.3 is 11.9 Å². The third kappa shape index (κ3) is 12.9. The van der Waals surface area contributed by atoms with E-state index < -0.39 is 11.9 Å². The van der Waals surface area contributed by atoms with Crippen molar-refractivity contribution in [1.82, 2.24) is 0 Å². The van der Waals surface area contributed by atoms with Crippen LogP contribution < -0.4 is 0 Å². The molecule has 0 aromatic heterocycles. The molecule has 0 aliphatic carbocycles. The summed E-state index contributed by atoms with van der Waals surface area (Å²) in [5.74, 6) is 4.94. The summed E-state index contributed by atoms with van der Waals surface area (Å²) in [5.41, 5.74) is 0.473. The van der Waals surface area contributed by atoms with Crippen molar-refractivity contribution >= 4 is 11.9 Å². The van der Waals surface area contributed by atoms with Crippen molar-refractivity contribution in [3.05, 3.63) is 35.4 Å². The summed E-state index contributed by atoms with van der Waals surface area (Å²) in [4.78, 5) is 24.7. The Kier molecular flexibility index (Phi) is 16.0. The van der Waals surface area contributed by atoms with Crippen molar-refractivity contribution < 1.29 is 19.1 Å². The standard InChI is InChI=1S/C27H40O4/c1-3-5-7-9-10-11-12-13-14-15-19-23-31-27(29)25-21-17-16-20-24(25)26(28)30-22-18-8-6-4-2/h16-17,20-21H,3-14,18,22-23H2,1-2H3. The zero-order valence-corrected chi connectivity index (χ0v) is 19.5. The number of hydrogen-bond donors (Lipinski definition) is 0. The summed E-state index contributed by atoms with van der Waals surface area (Å²) in [6.45, 7) is 4.77. The number of carbonyl (C=O) groups excluding carboxylic acids is 2. The molecule has 0 saturated heterocycles. The van der Waals surface area contributed by atoms with Crippen molar-refractivity contribution in [1.29, 1.82) is 0 Å². The van der Waals surface area contributed by atoms with E-state index in [9.17, 15) is 9.59 Å². The monoisotopic (exact) mass is 428 g/mol. The molecule has 172 valence electrons. The Labute approximate surface area is 189 Å². The summed E-state index contributed by atoms with van der Waals surface area (Å²) in [6, 6.07) is 6.61. The van der Waals surface area contributed by atoms with E-state index >= 15 is 0 Å². The third-order valence-corrected chi connectivity index (χ3v) is 5.15. The zero-order valence-electron chi connectivity index (χ0n) is 19.5. The second kappa shape index (κ2) is 18.5. The van der Waals surface area contributed by atoms with Crippen molar-refractivity contribution in [3.8, 4) is 11.8 Å². The predicted octanol–water partition coefficient (Wildman–Crippen LogP) is 7.11. The predicted molar refractivity (Wildman–Crippen MR) is 126 cm³/mol. The van der Waals surface area contributed by atoms with E-state index in [-0.39, 0.29) is 17.7 Å². The van der Waals surface area contributed by atoms with E-state index in [2.05, 4.69) is 25.7 Å². The molecule has 1 aromatic rings. The first-order valence-electron chi connectivity index (χ1n) is 12.1. The maximum absolute atomic E-state index is 12.4. The van der Waals surface area contributed by atoms with Gasteiger partial charge in [0.05, 0.1) is 17.7 Å². The van der Waals surface area contributed by atoms with Crippen molar-refractivity contribution in [2.75, 3.05) is 13.2 Å². The average molecular weight is 429 g/mol. The third-order valence-electron chi connectivity index (χ3n) is 5.15. The highest BCUT2D eigenvalue weighted by Gasteiger charge is 2.18. The lowest BCUT2D eigenvalue weighted by Gasteiger charge is -2.08. The molecule has 0 fully saturated rings. The van der Waals surface area contributed by atoms with E-state index in [0.29, 0.717) is 6.61 Å². The molecule has 1 aromatic carbocycles. The fraction of sp³-hybridized carbons (Fsp3) is 0.630. The van der Waals surface area contributed by atoms with Gasteiger partial charge in [0, 0.05) is 6.42 Å². The minimum Gasteiger partial charge on any atom is -0.462 e. The van der Waals surface area contributed by atoms with E-state index in [1.54, 1.807) is 24.3 Å². The fourth-order valence-corrected chi connectivity index (χ4v) is 3.28. The lowest BCUT2D eigenvalue weighted by atomic mass is 10.1. The highest BCUT2D eigenvalue weighted by molar-refractivity contribution is 6.03. The second-order valence-electron chi connectivity index (χ2n) is 7.90. The highest BCUT2D eigenvalue weighted by atomic mass is 16.5. The van der Waals surface area contributed by atoms with Gasteiger partial charge in [-0.15, -0.1) is 0 Å². The number of unbranched alkanes of at least 4 members (excludes halogenated alkanes) is 11. The molecule has 0 saturated carbocycles. The Balaban J connectivity index is 2.29. The molecule has 31 heavy (non-hydrogen) atoms. The van der Waals surface area contributed by atoms with Gasteiger partial charge in [0.1, 0.15) is 0 Å². The highest BCUT2D eigenvalue weighted by Crippen LogP contribution is 2.13. The number of benzene rings is 1. The SMILES string of the molecule is CCCCCCCCCCC#CCOC(=O)c1ccccc1C(=O)OCCCCCC. The number of ether oxygens (including phenoxy) is 2. The van der Waals surface area contributed by atoms with Gasteiger partial charge in [-0.1, -0.05) is 102 Å². The van der Waals surface area contributed by atoms with Crippen LogP contribution in [0.15, 0.2) is 24.3 Å². The normalized spacial score (nSPS) is 10.3. The number of carbonyl (C=O) groups is 2. The molecule has 0 spiro atoms. The Hall–Kier alpha value is -2.28. The minimum atomic E-state index is -0.542. The molecule has 0 atom stereocenters. The van der Waals surface area contributed by atoms with Crippen LogP contribution in [0.4, 0.5) is 0 Å². The van der Waals surface area contributed by atoms with Crippen LogP contribution in [0.3, 0.4) is 0 Å². The second-order valence-corrected chi connectivity index (χ2v) is 7.90. The molecule has 4 nitrogen and oxygen atoms in total. The van der Waals surface area contributed by atoms with Crippen LogP contribution in [0.25, 0.3) is 0 Å². The first kappa shape index (κ1) is 26.8. The summed E-state index contributed by atoms with van der Waals surface area (Å²) in [7, 11) is 0. The molecular formula is C27H40O4. The lowest BCUT2D eigenvalue weighted by Crippen LogP contribution is -2.14. The molecule has 0 aliphatic rings. The topological polar surface area (TPSA) is 52.6 Å². The summed E-state index contributed by atoms with van der Waals surface area (Å²) in [5, 5.41) is 0. The molecule has 0 heterocycles. The van der Waals surface area contributed by atoms with Crippen molar-refractivity contribution in [3.63, 3.8) is 0 Å². The van der Waals surface area contributed by atoms with Gasteiger partial charge in [0.15, 0.2) is 6.61 Å². The van der Waals surface area contributed by atoms with Crippen LogP contribution in [0.5, 0.6) is 0 Å². The van der Waals surface area contributed by atoms with Crippen LogP contribution in [0, 0.1) is 11.8 Å². The van der Waals surface area contributed by atoms with E-state index in [4.69, 9.17) is 9.47 Å². The molecular weight excluding hydrogens is 388 g/mol. The average Bonchev–Trinajstić information content (AvgIpc) is 2.79. The summed E-state index contributed by atoms with van der Waals surface area (Å²) >= 11 is 0. The molecule has 0 aliphatic heterocycles. The molecule has 0 unspecified atom stereocenters. The largest absolute Gasteiger partial charge is 0.462 e. The summed E-state index contributed by atoms with van der Waals surface area (Å²) in [6.07, 6.45) is 15.1. The van der Waals surface area contributed by atoms with Gasteiger partial charge < -0.3 is 9.47 Å². The van der Waals surface area contributed by atoms with Crippen LogP contribution in [-0.2, 0) is 9.47 Å². The summed E-state index contributed by atoms with van der Waals surface area (Å²) < 4.78 is 10.5. The smallest absolute Gasteiger partial charge is 0.339 e. The number of esters is 2. The molecule has 1 rings (SSSR count). The number of rotatable bonds is 16. The molecule has 4 heteroatoms. The van der Waals surface area contributed by atoms with Gasteiger partial charge in [-0.05, 0) is 25.0 Å². The maximum atomic E-state index is 12.4. The van der Waals surface area contributed by atoms with Crippen LogP contribution in [0.1, 0.15) is 118 Å². The van der Waals surface area contributed by atoms with Gasteiger partial charge in [-0.25, -0.2) is 9.59 Å². The lowest BCUT2D eigenvalue weighted by molar-refractivity contribution is 0.0472. The van der Waals surface area contributed by atoms with Gasteiger partial charge in [-0.2, -0.15) is 0 Å². The number of hydrogen-bond acceptors (Lipinski definition) is 4. The van der Waals surface area contributed by atoms with E-state index in [0.717, 1.165) is 38.5 Å². The molecule has 0 bridgehead atoms. The minimum absolute atomic E-state index is 0.0379. The Morgan fingerprint density at radius 2 is 1.19 bits per heavy atom. The van der Waals surface area contributed by atoms with E-state index in [1.807, 2.05) is 0 Å². The van der Waals surface area contributed by atoms with Crippen molar-refractivity contribution in [2.45, 2.75) is 97.3 Å². The molecule has 0 radical (unpaired) electrons. The van der Waals surface area contributed by atoms with Crippen LogP contribution >= 0.6 is 0 Å². The quantitative estimate of drug-likeness (QED) is 0.160. The zero-order chi connectivity index (χ0) is 22.6. The van der Waals surface area contributed by atoms with Crippen LogP contribution in [-0.4, -0.2) is 25.2 Å². The van der Waals surface area contributed by atoms with Gasteiger partial charge in [0.2, 0.25) is 0 Å². The molecule has 0 N–H and O–H groups in total. The van der Waals surface area contributed by atoms with Gasteiger partial charge in [0.25, 0.3) is 0 Å². The van der Waals surface area contributed by atoms with Crippen LogP contribution in [0.2, 0.25) is 0 Å². The maximum Gasteiger partial charge on any atom is 0.339 e. The fourth-order valence-electron chi connectivity index (χ4n) is 3.28. The van der Waals surface area contributed by atoms with E-state index in [1.165, 1.54) is 44.9 Å². The Bertz CT molecular complexity index is 684. The Morgan fingerprint density at radius 3 is 1.81 bits per heavy atom. The van der Waals surface area contributed by atoms with Gasteiger partial charge in [-0.3, -0.25) is 0 Å². The molecule has 0 amide bonds. The van der Waals surface area contributed by atoms with Crippen molar-refractivity contribution in [2.24, 2.45) is 0 Å². The Morgan fingerprint density at radius 1 is 0.677 bits per heavy atom. The first-order valence-corrected chi connectivity index (χ1v) is 12.1. The first-order chi connectivity index (χ1) is 15.2.